The Morgan fingerprint density at radius 2 is 2.00 bits per heavy atom. The molecule has 7 heteroatoms. The van der Waals surface area contributed by atoms with E-state index >= 15 is 0 Å². The van der Waals surface area contributed by atoms with E-state index in [1.54, 1.807) is 18.2 Å². The molecule has 0 aliphatic rings. The average Bonchev–Trinajstić information content (AvgIpc) is 2.47. The molecule has 2 aromatic carbocycles. The second-order valence-electron chi connectivity index (χ2n) is 4.08. The van der Waals surface area contributed by atoms with E-state index in [1.807, 2.05) is 12.1 Å². The normalized spacial score (nSPS) is 10.0. The van der Waals surface area contributed by atoms with Crippen LogP contribution in [0.4, 0.5) is 11.4 Å². The standard InChI is InChI=1S/C14H11IN2O4/c1-21-13-7-6-9(8-12(13)17(19)20)16-14(18)10-4-2-3-5-11(10)15/h2-8H,1H3,(H,16,18). The lowest BCUT2D eigenvalue weighted by molar-refractivity contribution is -0.385. The van der Waals surface area contributed by atoms with Gasteiger partial charge in [0.15, 0.2) is 5.75 Å². The summed E-state index contributed by atoms with van der Waals surface area (Å²) < 4.78 is 5.72. The highest BCUT2D eigenvalue weighted by atomic mass is 127. The highest BCUT2D eigenvalue weighted by Crippen LogP contribution is 2.29. The zero-order valence-electron chi connectivity index (χ0n) is 11.0. The minimum absolute atomic E-state index is 0.146. The van der Waals surface area contributed by atoms with Gasteiger partial charge in [0, 0.05) is 15.3 Å². The predicted octanol–water partition coefficient (Wildman–Crippen LogP) is 3.46. The number of rotatable bonds is 4. The molecule has 2 rings (SSSR count). The fourth-order valence-corrected chi connectivity index (χ4v) is 2.39. The third kappa shape index (κ3) is 3.48. The zero-order chi connectivity index (χ0) is 15.4. The summed E-state index contributed by atoms with van der Waals surface area (Å²) in [5.41, 5.74) is 0.654. The Balaban J connectivity index is 2.28. The van der Waals surface area contributed by atoms with Crippen molar-refractivity contribution in [2.24, 2.45) is 0 Å². The van der Waals surface area contributed by atoms with Crippen LogP contribution >= 0.6 is 22.6 Å². The van der Waals surface area contributed by atoms with Crippen molar-refractivity contribution in [3.05, 3.63) is 61.7 Å². The van der Waals surface area contributed by atoms with Crippen molar-refractivity contribution >= 4 is 39.9 Å². The molecule has 0 unspecified atom stereocenters. The molecule has 2 aromatic rings. The van der Waals surface area contributed by atoms with Crippen molar-refractivity contribution in [1.29, 1.82) is 0 Å². The average molecular weight is 398 g/mol. The number of carbonyl (C=O) groups is 1. The first-order valence-corrected chi connectivity index (χ1v) is 6.99. The highest BCUT2D eigenvalue weighted by Gasteiger charge is 2.17. The fraction of sp³-hybridized carbons (Fsp3) is 0.0714. The van der Waals surface area contributed by atoms with Crippen LogP contribution < -0.4 is 10.1 Å². The van der Waals surface area contributed by atoms with Gasteiger partial charge in [-0.3, -0.25) is 14.9 Å². The second-order valence-corrected chi connectivity index (χ2v) is 5.24. The van der Waals surface area contributed by atoms with Crippen LogP contribution in [0.2, 0.25) is 0 Å². The lowest BCUT2D eigenvalue weighted by Crippen LogP contribution is -2.13. The van der Waals surface area contributed by atoms with Gasteiger partial charge in [-0.1, -0.05) is 12.1 Å². The molecule has 21 heavy (non-hydrogen) atoms. The predicted molar refractivity (Wildman–Crippen MR) is 86.8 cm³/mol. The molecule has 0 aliphatic heterocycles. The maximum absolute atomic E-state index is 12.2. The molecule has 108 valence electrons. The molecule has 1 N–H and O–H groups in total. The Kier molecular flexibility index (Phi) is 4.73. The molecule has 6 nitrogen and oxygen atoms in total. The molecule has 0 bridgehead atoms. The molecule has 0 atom stereocenters. The summed E-state index contributed by atoms with van der Waals surface area (Å²) >= 11 is 2.06. The number of nitrogens with zero attached hydrogens (tertiary/aromatic N) is 1. The molecule has 0 fully saturated rings. The highest BCUT2D eigenvalue weighted by molar-refractivity contribution is 14.1. The number of nitro groups is 1. The van der Waals surface area contributed by atoms with Crippen LogP contribution in [0, 0.1) is 13.7 Å². The molecule has 0 aliphatic carbocycles. The number of benzene rings is 2. The second kappa shape index (κ2) is 6.53. The van der Waals surface area contributed by atoms with Gasteiger partial charge in [-0.25, -0.2) is 0 Å². The Bertz CT molecular complexity index is 703. The number of anilines is 1. The summed E-state index contributed by atoms with van der Waals surface area (Å²) in [6, 6.07) is 11.4. The SMILES string of the molecule is COc1ccc(NC(=O)c2ccccc2I)cc1[N+](=O)[O-]. The minimum atomic E-state index is -0.555. The van der Waals surface area contributed by atoms with Gasteiger partial charge in [-0.05, 0) is 46.9 Å². The summed E-state index contributed by atoms with van der Waals surface area (Å²) in [5, 5.41) is 13.6. The van der Waals surface area contributed by atoms with E-state index in [2.05, 4.69) is 27.9 Å². The van der Waals surface area contributed by atoms with Crippen molar-refractivity contribution in [3.63, 3.8) is 0 Å². The Morgan fingerprint density at radius 3 is 2.62 bits per heavy atom. The number of hydrogen-bond donors (Lipinski definition) is 1. The Morgan fingerprint density at radius 1 is 1.29 bits per heavy atom. The van der Waals surface area contributed by atoms with E-state index in [4.69, 9.17) is 4.74 Å². The first-order valence-electron chi connectivity index (χ1n) is 5.91. The van der Waals surface area contributed by atoms with Gasteiger partial charge in [0.2, 0.25) is 0 Å². The third-order valence-corrected chi connectivity index (χ3v) is 3.69. The molecular formula is C14H11IN2O4. The maximum atomic E-state index is 12.2. The third-order valence-electron chi connectivity index (χ3n) is 2.75. The van der Waals surface area contributed by atoms with Crippen LogP contribution in [0.1, 0.15) is 10.4 Å². The lowest BCUT2D eigenvalue weighted by Gasteiger charge is -2.08. The summed E-state index contributed by atoms with van der Waals surface area (Å²) in [7, 11) is 1.35. The van der Waals surface area contributed by atoms with Gasteiger partial charge in [-0.15, -0.1) is 0 Å². The quantitative estimate of drug-likeness (QED) is 0.486. The van der Waals surface area contributed by atoms with Crippen LogP contribution in [-0.4, -0.2) is 17.9 Å². The number of nitro benzene ring substituents is 1. The fourth-order valence-electron chi connectivity index (χ4n) is 1.75. The number of halogens is 1. The first-order chi connectivity index (χ1) is 10.0. The van der Waals surface area contributed by atoms with Crippen LogP contribution in [0.5, 0.6) is 5.75 Å². The number of ether oxygens (including phenoxy) is 1. The molecular weight excluding hydrogens is 387 g/mol. The largest absolute Gasteiger partial charge is 0.490 e. The number of hydrogen-bond acceptors (Lipinski definition) is 4. The number of nitrogens with one attached hydrogen (secondary N) is 1. The van der Waals surface area contributed by atoms with E-state index in [0.717, 1.165) is 3.57 Å². The summed E-state index contributed by atoms with van der Waals surface area (Å²) in [4.78, 5) is 22.6. The molecule has 0 spiro atoms. The Hall–Kier alpha value is -2.16. The lowest BCUT2D eigenvalue weighted by atomic mass is 10.2. The zero-order valence-corrected chi connectivity index (χ0v) is 13.2. The van der Waals surface area contributed by atoms with Crippen molar-refractivity contribution in [2.75, 3.05) is 12.4 Å². The summed E-state index contributed by atoms with van der Waals surface area (Å²) in [6.45, 7) is 0. The topological polar surface area (TPSA) is 81.5 Å². The molecule has 0 aromatic heterocycles. The molecule has 0 radical (unpaired) electrons. The maximum Gasteiger partial charge on any atom is 0.312 e. The van der Waals surface area contributed by atoms with Crippen molar-refractivity contribution in [2.45, 2.75) is 0 Å². The van der Waals surface area contributed by atoms with Gasteiger partial charge in [0.1, 0.15) is 0 Å². The van der Waals surface area contributed by atoms with E-state index < -0.39 is 4.92 Å². The monoisotopic (exact) mass is 398 g/mol. The van der Waals surface area contributed by atoms with Crippen molar-refractivity contribution < 1.29 is 14.5 Å². The van der Waals surface area contributed by atoms with Gasteiger partial charge in [-0.2, -0.15) is 0 Å². The molecule has 1 amide bonds. The molecule has 0 heterocycles. The van der Waals surface area contributed by atoms with E-state index in [1.165, 1.54) is 19.2 Å². The van der Waals surface area contributed by atoms with E-state index in [-0.39, 0.29) is 17.3 Å². The van der Waals surface area contributed by atoms with Gasteiger partial charge in [0.25, 0.3) is 5.91 Å². The molecule has 0 saturated carbocycles. The number of amides is 1. The van der Waals surface area contributed by atoms with Gasteiger partial charge >= 0.3 is 5.69 Å². The summed E-state index contributed by atoms with van der Waals surface area (Å²) in [6.07, 6.45) is 0. The summed E-state index contributed by atoms with van der Waals surface area (Å²) in [5.74, 6) is -0.174. The van der Waals surface area contributed by atoms with Gasteiger partial charge in [0.05, 0.1) is 17.6 Å². The van der Waals surface area contributed by atoms with Crippen LogP contribution in [-0.2, 0) is 0 Å². The minimum Gasteiger partial charge on any atom is -0.490 e. The van der Waals surface area contributed by atoms with Crippen LogP contribution in [0.3, 0.4) is 0 Å². The van der Waals surface area contributed by atoms with Crippen molar-refractivity contribution in [3.8, 4) is 5.75 Å². The van der Waals surface area contributed by atoms with Crippen molar-refractivity contribution in [1.82, 2.24) is 0 Å². The first kappa shape index (κ1) is 15.2. The smallest absolute Gasteiger partial charge is 0.312 e. The molecule has 0 saturated heterocycles. The van der Waals surface area contributed by atoms with Gasteiger partial charge < -0.3 is 10.1 Å². The van der Waals surface area contributed by atoms with E-state index in [0.29, 0.717) is 11.3 Å². The van der Waals surface area contributed by atoms with Crippen LogP contribution in [0.15, 0.2) is 42.5 Å². The number of carbonyl (C=O) groups excluding carboxylic acids is 1. The van der Waals surface area contributed by atoms with Crippen LogP contribution in [0.25, 0.3) is 0 Å². The Labute approximate surface area is 134 Å². The number of methoxy groups -OCH3 is 1. The van der Waals surface area contributed by atoms with E-state index in [9.17, 15) is 14.9 Å².